The molecule has 0 radical (unpaired) electrons. The van der Waals surface area contributed by atoms with Crippen molar-refractivity contribution in [2.24, 2.45) is 5.73 Å². The first-order valence-corrected chi connectivity index (χ1v) is 9.39. The van der Waals surface area contributed by atoms with Gasteiger partial charge in [-0.25, -0.2) is 0 Å². The molecule has 3 N–H and O–H groups in total. The van der Waals surface area contributed by atoms with E-state index in [0.717, 1.165) is 17.7 Å². The van der Waals surface area contributed by atoms with Gasteiger partial charge in [0.15, 0.2) is 23.2 Å². The van der Waals surface area contributed by atoms with Crippen molar-refractivity contribution in [2.75, 3.05) is 18.6 Å². The van der Waals surface area contributed by atoms with Crippen LogP contribution in [-0.2, 0) is 16.0 Å². The summed E-state index contributed by atoms with van der Waals surface area (Å²) in [6.45, 7) is 1.78. The molecule has 0 bridgehead atoms. The Labute approximate surface area is 174 Å². The Kier molecular flexibility index (Phi) is 6.13. The van der Waals surface area contributed by atoms with Crippen LogP contribution in [0.5, 0.6) is 11.5 Å². The zero-order chi connectivity index (χ0) is 21.0. The quantitative estimate of drug-likeness (QED) is 0.537. The molecule has 8 heteroatoms. The fourth-order valence-corrected chi connectivity index (χ4v) is 3.28. The van der Waals surface area contributed by atoms with E-state index in [-0.39, 0.29) is 12.5 Å². The molecule has 7 nitrogen and oxygen atoms in total. The highest BCUT2D eigenvalue weighted by molar-refractivity contribution is 7.80. The molecule has 1 heterocycles. The number of ether oxygens (including phenoxy) is 2. The molecule has 0 spiro atoms. The van der Waals surface area contributed by atoms with Crippen LogP contribution in [-0.4, -0.2) is 30.6 Å². The van der Waals surface area contributed by atoms with Gasteiger partial charge in [-0.1, -0.05) is 31.2 Å². The largest absolute Gasteiger partial charge is 0.493 e. The summed E-state index contributed by atoms with van der Waals surface area (Å²) in [4.78, 5) is 25.4. The van der Waals surface area contributed by atoms with Crippen molar-refractivity contribution in [1.29, 1.82) is 0 Å². The predicted octanol–water partition coefficient (Wildman–Crippen LogP) is 2.38. The highest BCUT2D eigenvalue weighted by Gasteiger charge is 2.33. The topological polar surface area (TPSA) is 93.9 Å². The van der Waals surface area contributed by atoms with Crippen LogP contribution in [0.25, 0.3) is 6.08 Å². The number of thiocarbonyl (C=S) groups is 1. The van der Waals surface area contributed by atoms with Gasteiger partial charge in [0.2, 0.25) is 0 Å². The molecular formula is C21H21N3O4S. The zero-order valence-corrected chi connectivity index (χ0v) is 16.9. The highest BCUT2D eigenvalue weighted by Crippen LogP contribution is 2.30. The Morgan fingerprint density at radius 1 is 1.24 bits per heavy atom. The van der Waals surface area contributed by atoms with E-state index in [1.165, 1.54) is 12.0 Å². The molecule has 0 aromatic heterocycles. The Hall–Kier alpha value is -3.39. The van der Waals surface area contributed by atoms with Crippen LogP contribution in [0.4, 0.5) is 5.69 Å². The van der Waals surface area contributed by atoms with Crippen LogP contribution in [0.15, 0.2) is 48.2 Å². The van der Waals surface area contributed by atoms with Crippen LogP contribution in [0.3, 0.4) is 0 Å². The first-order chi connectivity index (χ1) is 13.9. The number of carbonyl (C=O) groups is 2. The second kappa shape index (κ2) is 8.74. The van der Waals surface area contributed by atoms with Gasteiger partial charge < -0.3 is 20.5 Å². The third-order valence-corrected chi connectivity index (χ3v) is 4.64. The number of primary amides is 1. The fourth-order valence-electron chi connectivity index (χ4n) is 2.99. The van der Waals surface area contributed by atoms with Crippen LogP contribution in [0.2, 0.25) is 0 Å². The summed E-state index contributed by atoms with van der Waals surface area (Å²) in [7, 11) is 1.49. The first-order valence-electron chi connectivity index (χ1n) is 8.98. The van der Waals surface area contributed by atoms with Gasteiger partial charge in [0.25, 0.3) is 11.8 Å². The molecule has 3 rings (SSSR count). The summed E-state index contributed by atoms with van der Waals surface area (Å²) in [6.07, 6.45) is 2.47. The molecule has 150 valence electrons. The van der Waals surface area contributed by atoms with Gasteiger partial charge in [0.05, 0.1) is 12.8 Å². The number of hydrogen-bond donors (Lipinski definition) is 2. The SMILES string of the molecule is CCc1ccccc1N1C(=O)/C(=C\c2ccc(OCC(N)=O)c(OC)c2)NC1=S. The maximum absolute atomic E-state index is 13.0. The average molecular weight is 411 g/mol. The lowest BCUT2D eigenvalue weighted by atomic mass is 10.1. The summed E-state index contributed by atoms with van der Waals surface area (Å²) in [5, 5.41) is 3.31. The van der Waals surface area contributed by atoms with E-state index in [1.807, 2.05) is 31.2 Å². The van der Waals surface area contributed by atoms with Crippen molar-refractivity contribution in [3.05, 3.63) is 59.3 Å². The minimum absolute atomic E-state index is 0.232. The van der Waals surface area contributed by atoms with Crippen molar-refractivity contribution in [2.45, 2.75) is 13.3 Å². The van der Waals surface area contributed by atoms with E-state index in [4.69, 9.17) is 27.4 Å². The molecule has 1 fully saturated rings. The molecule has 0 unspecified atom stereocenters. The number of aryl methyl sites for hydroxylation is 1. The van der Waals surface area contributed by atoms with Gasteiger partial charge in [-0.15, -0.1) is 0 Å². The molecule has 2 amide bonds. The third kappa shape index (κ3) is 4.38. The number of hydrogen-bond acceptors (Lipinski definition) is 5. The predicted molar refractivity (Wildman–Crippen MR) is 115 cm³/mol. The summed E-state index contributed by atoms with van der Waals surface area (Å²) in [5.41, 5.74) is 7.97. The normalized spacial score (nSPS) is 14.8. The minimum Gasteiger partial charge on any atom is -0.493 e. The number of amides is 2. The standard InChI is InChI=1S/C21H21N3O4S/c1-3-14-6-4-5-7-16(14)24-20(26)15(23-21(24)29)10-13-8-9-17(18(11-13)27-2)28-12-19(22)25/h4-11H,3,12H2,1-2H3,(H2,22,25)(H,23,29)/b15-10+. The number of benzene rings is 2. The summed E-state index contributed by atoms with van der Waals surface area (Å²) in [5.74, 6) is -0.0149. The van der Waals surface area contributed by atoms with Gasteiger partial charge >= 0.3 is 0 Å². The number of anilines is 1. The second-order valence-corrected chi connectivity index (χ2v) is 6.66. The lowest BCUT2D eigenvalue weighted by Gasteiger charge is -2.17. The van der Waals surface area contributed by atoms with Gasteiger partial charge in [0, 0.05) is 0 Å². The molecule has 0 atom stereocenters. The molecular weight excluding hydrogens is 390 g/mol. The Morgan fingerprint density at radius 3 is 2.69 bits per heavy atom. The van der Waals surface area contributed by atoms with Crippen molar-refractivity contribution in [3.63, 3.8) is 0 Å². The number of para-hydroxylation sites is 1. The van der Waals surface area contributed by atoms with Crippen molar-refractivity contribution >= 4 is 40.9 Å². The van der Waals surface area contributed by atoms with E-state index in [1.54, 1.807) is 24.3 Å². The summed E-state index contributed by atoms with van der Waals surface area (Å²) >= 11 is 5.39. The van der Waals surface area contributed by atoms with Gasteiger partial charge in [-0.05, 0) is 54.0 Å². The van der Waals surface area contributed by atoms with Crippen LogP contribution >= 0.6 is 12.2 Å². The fraction of sp³-hybridized carbons (Fsp3) is 0.190. The van der Waals surface area contributed by atoms with E-state index in [2.05, 4.69) is 5.32 Å². The number of rotatable bonds is 7. The zero-order valence-electron chi connectivity index (χ0n) is 16.1. The van der Waals surface area contributed by atoms with E-state index < -0.39 is 5.91 Å². The molecule has 29 heavy (non-hydrogen) atoms. The lowest BCUT2D eigenvalue weighted by Crippen LogP contribution is -2.31. The second-order valence-electron chi connectivity index (χ2n) is 6.28. The molecule has 0 saturated carbocycles. The van der Waals surface area contributed by atoms with Gasteiger partial charge in [-0.2, -0.15) is 0 Å². The Bertz CT molecular complexity index is 1000. The van der Waals surface area contributed by atoms with Crippen molar-refractivity contribution in [1.82, 2.24) is 5.32 Å². The first kappa shape index (κ1) is 20.3. The molecule has 0 aliphatic carbocycles. The molecule has 2 aromatic carbocycles. The third-order valence-electron chi connectivity index (χ3n) is 4.36. The van der Waals surface area contributed by atoms with Crippen molar-refractivity contribution in [3.8, 4) is 11.5 Å². The molecule has 1 aliphatic rings. The highest BCUT2D eigenvalue weighted by atomic mass is 32.1. The Balaban J connectivity index is 1.88. The monoisotopic (exact) mass is 411 g/mol. The maximum Gasteiger partial charge on any atom is 0.281 e. The average Bonchev–Trinajstić information content (AvgIpc) is 2.99. The number of carbonyl (C=O) groups excluding carboxylic acids is 2. The van der Waals surface area contributed by atoms with E-state index in [9.17, 15) is 9.59 Å². The lowest BCUT2D eigenvalue weighted by molar-refractivity contribution is -0.120. The Morgan fingerprint density at radius 2 is 2.00 bits per heavy atom. The number of nitrogens with two attached hydrogens (primary N) is 1. The molecule has 1 aliphatic heterocycles. The van der Waals surface area contributed by atoms with Crippen LogP contribution in [0.1, 0.15) is 18.1 Å². The smallest absolute Gasteiger partial charge is 0.281 e. The van der Waals surface area contributed by atoms with Gasteiger partial charge in [0.1, 0.15) is 5.70 Å². The number of methoxy groups -OCH3 is 1. The summed E-state index contributed by atoms with van der Waals surface area (Å²) < 4.78 is 10.6. The van der Waals surface area contributed by atoms with Crippen LogP contribution in [0, 0.1) is 0 Å². The van der Waals surface area contributed by atoms with Gasteiger partial charge in [-0.3, -0.25) is 14.5 Å². The van der Waals surface area contributed by atoms with Crippen LogP contribution < -0.4 is 25.4 Å². The number of nitrogens with one attached hydrogen (secondary N) is 1. The minimum atomic E-state index is -0.583. The van der Waals surface area contributed by atoms with E-state index >= 15 is 0 Å². The maximum atomic E-state index is 13.0. The summed E-state index contributed by atoms with van der Waals surface area (Å²) in [6, 6.07) is 12.8. The molecule has 1 saturated heterocycles. The number of nitrogens with zero attached hydrogens (tertiary/aromatic N) is 1. The molecule has 2 aromatic rings. The van der Waals surface area contributed by atoms with Crippen molar-refractivity contribution < 1.29 is 19.1 Å². The van der Waals surface area contributed by atoms with E-state index in [0.29, 0.717) is 27.9 Å².